The van der Waals surface area contributed by atoms with Crippen LogP contribution in [0.15, 0.2) is 16.9 Å². The van der Waals surface area contributed by atoms with E-state index >= 15 is 0 Å². The van der Waals surface area contributed by atoms with Crippen LogP contribution in [0, 0.1) is 0 Å². The van der Waals surface area contributed by atoms with E-state index in [9.17, 15) is 18.0 Å². The third kappa shape index (κ3) is 2.68. The lowest BCUT2D eigenvalue weighted by molar-refractivity contribution is -0.275. The Hall–Kier alpha value is -1.66. The summed E-state index contributed by atoms with van der Waals surface area (Å²) in [6.45, 7) is 0. The van der Waals surface area contributed by atoms with Gasteiger partial charge in [0.05, 0.1) is 7.11 Å². The van der Waals surface area contributed by atoms with Gasteiger partial charge in [-0.3, -0.25) is 9.78 Å². The van der Waals surface area contributed by atoms with Gasteiger partial charge >= 0.3 is 6.36 Å². The van der Waals surface area contributed by atoms with Crippen LogP contribution in [0.5, 0.6) is 11.6 Å². The number of hydrogen-bond acceptors (Lipinski definition) is 3. The average Bonchev–Trinajstić information content (AvgIpc) is 2.06. The van der Waals surface area contributed by atoms with Gasteiger partial charge in [0.1, 0.15) is 0 Å². The highest BCUT2D eigenvalue weighted by atomic mass is 19.4. The highest BCUT2D eigenvalue weighted by Gasteiger charge is 2.32. The highest BCUT2D eigenvalue weighted by molar-refractivity contribution is 5.23. The minimum absolute atomic E-state index is 0.0597. The van der Waals surface area contributed by atoms with Gasteiger partial charge in [0.25, 0.3) is 5.56 Å². The second kappa shape index (κ2) is 3.60. The van der Waals surface area contributed by atoms with Crippen LogP contribution in [0.4, 0.5) is 13.2 Å². The number of pyridine rings is 1. The van der Waals surface area contributed by atoms with Crippen LogP contribution in [-0.4, -0.2) is 18.5 Å². The lowest BCUT2D eigenvalue weighted by atomic mass is 10.4. The smallest absolute Gasteiger partial charge is 0.482 e. The minimum Gasteiger partial charge on any atom is -0.482 e. The fraction of sp³-hybridized carbons (Fsp3) is 0.286. The lowest BCUT2D eigenvalue weighted by Gasteiger charge is -2.07. The summed E-state index contributed by atoms with van der Waals surface area (Å²) in [6, 6.07) is 2.04. The molecule has 0 radical (unpaired) electrons. The Morgan fingerprint density at radius 2 is 2.00 bits per heavy atom. The Kier molecular flexibility index (Phi) is 2.68. The van der Waals surface area contributed by atoms with E-state index in [1.807, 2.05) is 4.98 Å². The third-order valence-corrected chi connectivity index (χ3v) is 1.29. The molecule has 0 atom stereocenters. The molecular formula is C7H6F3NO3. The molecule has 1 aromatic rings. The number of aromatic amines is 1. The van der Waals surface area contributed by atoms with Crippen LogP contribution in [0.25, 0.3) is 0 Å². The van der Waals surface area contributed by atoms with Crippen molar-refractivity contribution in [1.29, 1.82) is 0 Å². The first-order valence-corrected chi connectivity index (χ1v) is 3.45. The number of ether oxygens (including phenoxy) is 2. The van der Waals surface area contributed by atoms with Crippen LogP contribution in [-0.2, 0) is 0 Å². The maximum absolute atomic E-state index is 11.7. The van der Waals surface area contributed by atoms with Gasteiger partial charge < -0.3 is 9.47 Å². The van der Waals surface area contributed by atoms with Crippen molar-refractivity contribution < 1.29 is 22.6 Å². The van der Waals surface area contributed by atoms with Gasteiger partial charge in [0.15, 0.2) is 11.6 Å². The van der Waals surface area contributed by atoms with Crippen LogP contribution >= 0.6 is 0 Å². The molecule has 0 saturated carbocycles. The van der Waals surface area contributed by atoms with Gasteiger partial charge in [-0.25, -0.2) is 0 Å². The molecule has 0 fully saturated rings. The van der Waals surface area contributed by atoms with E-state index in [-0.39, 0.29) is 5.88 Å². The van der Waals surface area contributed by atoms with Crippen LogP contribution < -0.4 is 15.0 Å². The molecule has 14 heavy (non-hydrogen) atoms. The van der Waals surface area contributed by atoms with Gasteiger partial charge in [0.2, 0.25) is 0 Å². The first-order chi connectivity index (χ1) is 6.42. The zero-order valence-corrected chi connectivity index (χ0v) is 7.01. The van der Waals surface area contributed by atoms with Crippen molar-refractivity contribution in [2.75, 3.05) is 7.11 Å². The zero-order chi connectivity index (χ0) is 10.8. The molecule has 0 aliphatic heterocycles. The molecule has 7 heteroatoms. The van der Waals surface area contributed by atoms with E-state index in [1.54, 1.807) is 0 Å². The summed E-state index contributed by atoms with van der Waals surface area (Å²) in [5.41, 5.74) is -0.998. The fourth-order valence-electron chi connectivity index (χ4n) is 0.766. The third-order valence-electron chi connectivity index (χ3n) is 1.29. The van der Waals surface area contributed by atoms with E-state index in [4.69, 9.17) is 0 Å². The van der Waals surface area contributed by atoms with Crippen LogP contribution in [0.2, 0.25) is 0 Å². The van der Waals surface area contributed by atoms with Crippen molar-refractivity contribution in [3.05, 3.63) is 22.5 Å². The SMILES string of the molecule is COc1ccc(OC(F)(F)F)c(=O)[nH]1. The summed E-state index contributed by atoms with van der Waals surface area (Å²) < 4.78 is 43.1. The number of methoxy groups -OCH3 is 1. The van der Waals surface area contributed by atoms with E-state index < -0.39 is 17.7 Å². The molecule has 0 unspecified atom stereocenters. The Labute approximate surface area is 76.3 Å². The van der Waals surface area contributed by atoms with Gasteiger partial charge in [-0.15, -0.1) is 13.2 Å². The van der Waals surface area contributed by atoms with Crippen molar-refractivity contribution in [2.24, 2.45) is 0 Å². The van der Waals surface area contributed by atoms with Crippen LogP contribution in [0.1, 0.15) is 0 Å². The predicted octanol–water partition coefficient (Wildman–Crippen LogP) is 1.28. The second-order valence-electron chi connectivity index (χ2n) is 2.27. The summed E-state index contributed by atoms with van der Waals surface area (Å²) in [4.78, 5) is 13.0. The summed E-state index contributed by atoms with van der Waals surface area (Å²) >= 11 is 0. The molecule has 0 amide bonds. The van der Waals surface area contributed by atoms with E-state index in [2.05, 4.69) is 9.47 Å². The van der Waals surface area contributed by atoms with Gasteiger partial charge in [-0.2, -0.15) is 0 Å². The monoisotopic (exact) mass is 209 g/mol. The number of hydrogen-bond donors (Lipinski definition) is 1. The molecule has 1 heterocycles. The topological polar surface area (TPSA) is 51.3 Å². The summed E-state index contributed by atoms with van der Waals surface area (Å²) in [7, 11) is 1.27. The highest BCUT2D eigenvalue weighted by Crippen LogP contribution is 2.19. The van der Waals surface area contributed by atoms with Crippen molar-refractivity contribution >= 4 is 0 Å². The number of nitrogens with one attached hydrogen (secondary N) is 1. The molecule has 0 spiro atoms. The first-order valence-electron chi connectivity index (χ1n) is 3.45. The average molecular weight is 209 g/mol. The molecule has 0 aliphatic carbocycles. The largest absolute Gasteiger partial charge is 0.573 e. The minimum atomic E-state index is -4.87. The molecule has 0 aliphatic rings. The van der Waals surface area contributed by atoms with Gasteiger partial charge in [0, 0.05) is 6.07 Å². The van der Waals surface area contributed by atoms with E-state index in [0.29, 0.717) is 0 Å². The molecule has 4 nitrogen and oxygen atoms in total. The number of rotatable bonds is 2. The molecule has 1 N–H and O–H groups in total. The quantitative estimate of drug-likeness (QED) is 0.798. The molecule has 78 valence electrons. The maximum Gasteiger partial charge on any atom is 0.573 e. The number of alkyl halides is 3. The predicted molar refractivity (Wildman–Crippen MR) is 40.3 cm³/mol. The van der Waals surface area contributed by atoms with Crippen LogP contribution in [0.3, 0.4) is 0 Å². The van der Waals surface area contributed by atoms with Gasteiger partial charge in [-0.1, -0.05) is 0 Å². The molecule has 1 rings (SSSR count). The fourth-order valence-corrected chi connectivity index (χ4v) is 0.766. The van der Waals surface area contributed by atoms with Crippen molar-refractivity contribution in [2.45, 2.75) is 6.36 Å². The maximum atomic E-state index is 11.7. The Morgan fingerprint density at radius 3 is 2.43 bits per heavy atom. The molecular weight excluding hydrogens is 203 g/mol. The van der Waals surface area contributed by atoms with E-state index in [0.717, 1.165) is 12.1 Å². The molecule has 0 aromatic carbocycles. The lowest BCUT2D eigenvalue weighted by Crippen LogP contribution is -2.22. The van der Waals surface area contributed by atoms with Crippen molar-refractivity contribution in [1.82, 2.24) is 4.98 Å². The Bertz CT molecular complexity index is 371. The molecule has 1 aromatic heterocycles. The van der Waals surface area contributed by atoms with Crippen molar-refractivity contribution in [3.8, 4) is 11.6 Å². The van der Waals surface area contributed by atoms with E-state index in [1.165, 1.54) is 7.11 Å². The summed E-state index contributed by atoms with van der Waals surface area (Å²) in [5, 5.41) is 0. The summed E-state index contributed by atoms with van der Waals surface area (Å²) in [5.74, 6) is -0.761. The second-order valence-corrected chi connectivity index (χ2v) is 2.27. The van der Waals surface area contributed by atoms with Crippen molar-refractivity contribution in [3.63, 3.8) is 0 Å². The standard InChI is InChI=1S/C7H6F3NO3/c1-13-5-3-2-4(6(12)11-5)14-7(8,9)10/h2-3H,1H3,(H,11,12). The molecule has 0 bridgehead atoms. The number of aromatic nitrogens is 1. The normalized spacial score (nSPS) is 11.1. The zero-order valence-electron chi connectivity index (χ0n) is 7.01. The summed E-state index contributed by atoms with van der Waals surface area (Å²) in [6.07, 6.45) is -4.87. The van der Waals surface area contributed by atoms with Gasteiger partial charge in [-0.05, 0) is 6.07 Å². The molecule has 0 saturated heterocycles. The Morgan fingerprint density at radius 1 is 1.36 bits per heavy atom. The Balaban J connectivity index is 2.96. The number of H-pyrrole nitrogens is 1. The first kappa shape index (κ1) is 10.4. The number of halogens is 3.